The summed E-state index contributed by atoms with van der Waals surface area (Å²) in [4.78, 5) is 3.76. The Morgan fingerprint density at radius 2 is 2.18 bits per heavy atom. The highest BCUT2D eigenvalue weighted by atomic mass is 19.4. The highest BCUT2D eigenvalue weighted by Crippen LogP contribution is 2.28. The van der Waals surface area contributed by atoms with Gasteiger partial charge in [-0.15, -0.1) is 13.2 Å². The zero-order chi connectivity index (χ0) is 13.1. The van der Waals surface area contributed by atoms with Crippen LogP contribution in [0.3, 0.4) is 0 Å². The van der Waals surface area contributed by atoms with Crippen LogP contribution in [0.25, 0.3) is 0 Å². The van der Waals surface area contributed by atoms with E-state index in [4.69, 9.17) is 11.0 Å². The number of nitriles is 1. The molecule has 0 aliphatic rings. The van der Waals surface area contributed by atoms with E-state index in [1.807, 2.05) is 6.07 Å². The number of alkyl halides is 3. The van der Waals surface area contributed by atoms with E-state index < -0.39 is 12.1 Å². The van der Waals surface area contributed by atoms with Crippen molar-refractivity contribution in [1.29, 1.82) is 5.26 Å². The maximum atomic E-state index is 12.1. The molecule has 4 nitrogen and oxygen atoms in total. The van der Waals surface area contributed by atoms with E-state index in [9.17, 15) is 13.2 Å². The fourth-order valence-electron chi connectivity index (χ4n) is 1.39. The second kappa shape index (κ2) is 5.01. The molecule has 17 heavy (non-hydrogen) atoms. The fourth-order valence-corrected chi connectivity index (χ4v) is 1.39. The van der Waals surface area contributed by atoms with Crippen LogP contribution >= 0.6 is 0 Å². The molecule has 0 spiro atoms. The SMILES string of the molecule is Cc1c(CC#N)ncc(OC(F)(F)F)c1CN. The number of rotatable bonds is 3. The number of halogens is 3. The summed E-state index contributed by atoms with van der Waals surface area (Å²) in [5.41, 5.74) is 6.45. The van der Waals surface area contributed by atoms with Crippen molar-refractivity contribution in [1.82, 2.24) is 4.98 Å². The van der Waals surface area contributed by atoms with E-state index in [-0.39, 0.29) is 18.5 Å². The van der Waals surface area contributed by atoms with Gasteiger partial charge in [0.05, 0.1) is 24.4 Å². The average molecular weight is 245 g/mol. The average Bonchev–Trinajstić information content (AvgIpc) is 2.21. The van der Waals surface area contributed by atoms with Gasteiger partial charge in [0.25, 0.3) is 0 Å². The van der Waals surface area contributed by atoms with Crippen molar-refractivity contribution in [3.8, 4) is 11.8 Å². The summed E-state index contributed by atoms with van der Waals surface area (Å²) in [5, 5.41) is 8.53. The lowest BCUT2D eigenvalue weighted by Crippen LogP contribution is -2.20. The first-order chi connectivity index (χ1) is 7.89. The number of pyridine rings is 1. The highest BCUT2D eigenvalue weighted by Gasteiger charge is 2.32. The number of aromatic nitrogens is 1. The molecule has 0 aromatic carbocycles. The van der Waals surface area contributed by atoms with Gasteiger partial charge in [-0.1, -0.05) is 0 Å². The Balaban J connectivity index is 3.17. The molecule has 1 aromatic rings. The predicted molar refractivity (Wildman–Crippen MR) is 52.9 cm³/mol. The van der Waals surface area contributed by atoms with E-state index in [0.29, 0.717) is 11.3 Å². The zero-order valence-electron chi connectivity index (χ0n) is 9.01. The minimum absolute atomic E-state index is 0.0190. The predicted octanol–water partition coefficient (Wildman–Crippen LogP) is 1.81. The molecule has 1 heterocycles. The smallest absolute Gasteiger partial charge is 0.404 e. The molecule has 7 heteroatoms. The van der Waals surface area contributed by atoms with Crippen molar-refractivity contribution >= 4 is 0 Å². The van der Waals surface area contributed by atoms with Gasteiger partial charge >= 0.3 is 6.36 Å². The molecule has 2 N–H and O–H groups in total. The third-order valence-electron chi connectivity index (χ3n) is 2.20. The first kappa shape index (κ1) is 13.3. The Hall–Kier alpha value is -1.81. The van der Waals surface area contributed by atoms with Gasteiger partial charge in [-0.25, -0.2) is 0 Å². The van der Waals surface area contributed by atoms with Gasteiger partial charge in [-0.3, -0.25) is 4.98 Å². The molecule has 0 saturated heterocycles. The fraction of sp³-hybridized carbons (Fsp3) is 0.400. The van der Waals surface area contributed by atoms with Crippen LogP contribution in [-0.2, 0) is 13.0 Å². The van der Waals surface area contributed by atoms with E-state index in [0.717, 1.165) is 6.20 Å². The van der Waals surface area contributed by atoms with Crippen LogP contribution in [-0.4, -0.2) is 11.3 Å². The molecule has 0 aliphatic heterocycles. The molecule has 1 aromatic heterocycles. The largest absolute Gasteiger partial charge is 0.573 e. The summed E-state index contributed by atoms with van der Waals surface area (Å²) in [6.07, 6.45) is -3.82. The van der Waals surface area contributed by atoms with E-state index in [1.54, 1.807) is 6.92 Å². The Morgan fingerprint density at radius 1 is 1.53 bits per heavy atom. The molecule has 0 saturated carbocycles. The zero-order valence-corrected chi connectivity index (χ0v) is 9.01. The number of nitrogens with zero attached hydrogens (tertiary/aromatic N) is 2. The summed E-state index contributed by atoms with van der Waals surface area (Å²) < 4.78 is 40.1. The topological polar surface area (TPSA) is 71.9 Å². The van der Waals surface area contributed by atoms with Gasteiger partial charge in [0.2, 0.25) is 0 Å². The molecule has 0 unspecified atom stereocenters. The first-order valence-electron chi connectivity index (χ1n) is 4.69. The maximum absolute atomic E-state index is 12.1. The third-order valence-corrected chi connectivity index (χ3v) is 2.20. The van der Waals surface area contributed by atoms with Gasteiger partial charge in [0, 0.05) is 12.1 Å². The van der Waals surface area contributed by atoms with Crippen molar-refractivity contribution in [3.63, 3.8) is 0 Å². The molecular formula is C10H10F3N3O. The highest BCUT2D eigenvalue weighted by molar-refractivity contribution is 5.41. The summed E-state index contributed by atoms with van der Waals surface area (Å²) in [6.45, 7) is 1.45. The summed E-state index contributed by atoms with van der Waals surface area (Å²) >= 11 is 0. The molecule has 1 rings (SSSR count). The second-order valence-corrected chi connectivity index (χ2v) is 3.26. The minimum atomic E-state index is -4.78. The van der Waals surface area contributed by atoms with Crippen LogP contribution in [0, 0.1) is 18.3 Å². The number of hydrogen-bond acceptors (Lipinski definition) is 4. The Bertz CT molecular complexity index is 451. The van der Waals surface area contributed by atoms with Crippen molar-refractivity contribution in [2.45, 2.75) is 26.3 Å². The maximum Gasteiger partial charge on any atom is 0.573 e. The van der Waals surface area contributed by atoms with Crippen molar-refractivity contribution in [2.75, 3.05) is 0 Å². The Morgan fingerprint density at radius 3 is 2.65 bits per heavy atom. The summed E-state index contributed by atoms with van der Waals surface area (Å²) in [6, 6.07) is 1.88. The van der Waals surface area contributed by atoms with Gasteiger partial charge in [-0.05, 0) is 12.5 Å². The normalized spacial score (nSPS) is 11.1. The quantitative estimate of drug-likeness (QED) is 0.881. The van der Waals surface area contributed by atoms with Crippen LogP contribution in [0.2, 0.25) is 0 Å². The standard InChI is InChI=1S/C10H10F3N3O/c1-6-7(4-15)9(17-10(11,12)13)5-16-8(6)2-3-14/h5H,2,4,15H2,1H3. The van der Waals surface area contributed by atoms with Crippen molar-refractivity contribution in [3.05, 3.63) is 23.0 Å². The molecule has 0 atom stereocenters. The number of nitrogens with two attached hydrogens (primary N) is 1. The van der Waals surface area contributed by atoms with E-state index in [2.05, 4.69) is 9.72 Å². The lowest BCUT2D eigenvalue weighted by molar-refractivity contribution is -0.275. The lowest BCUT2D eigenvalue weighted by atomic mass is 10.1. The van der Waals surface area contributed by atoms with Crippen LogP contribution < -0.4 is 10.5 Å². The lowest BCUT2D eigenvalue weighted by Gasteiger charge is -2.15. The molecule has 0 fully saturated rings. The number of hydrogen-bond donors (Lipinski definition) is 1. The molecular weight excluding hydrogens is 235 g/mol. The van der Waals surface area contributed by atoms with Gasteiger partial charge in [-0.2, -0.15) is 5.26 Å². The monoisotopic (exact) mass is 245 g/mol. The van der Waals surface area contributed by atoms with Crippen LogP contribution in [0.4, 0.5) is 13.2 Å². The van der Waals surface area contributed by atoms with Crippen LogP contribution in [0.5, 0.6) is 5.75 Å². The van der Waals surface area contributed by atoms with Gasteiger partial charge in [0.1, 0.15) is 0 Å². The molecule has 0 radical (unpaired) electrons. The van der Waals surface area contributed by atoms with E-state index >= 15 is 0 Å². The van der Waals surface area contributed by atoms with Crippen LogP contribution in [0.15, 0.2) is 6.20 Å². The van der Waals surface area contributed by atoms with Crippen LogP contribution in [0.1, 0.15) is 16.8 Å². The van der Waals surface area contributed by atoms with Gasteiger partial charge < -0.3 is 10.5 Å². The summed E-state index contributed by atoms with van der Waals surface area (Å²) in [7, 11) is 0. The molecule has 0 bridgehead atoms. The molecule has 0 amide bonds. The van der Waals surface area contributed by atoms with Crippen molar-refractivity contribution < 1.29 is 17.9 Å². The first-order valence-corrected chi connectivity index (χ1v) is 4.69. The summed E-state index contributed by atoms with van der Waals surface area (Å²) in [5.74, 6) is -0.417. The van der Waals surface area contributed by atoms with Crippen molar-refractivity contribution in [2.24, 2.45) is 5.73 Å². The molecule has 0 aliphatic carbocycles. The van der Waals surface area contributed by atoms with Gasteiger partial charge in [0.15, 0.2) is 5.75 Å². The number of ether oxygens (including phenoxy) is 1. The Labute approximate surface area is 95.8 Å². The second-order valence-electron chi connectivity index (χ2n) is 3.26. The third kappa shape index (κ3) is 3.32. The van der Waals surface area contributed by atoms with E-state index in [1.165, 1.54) is 0 Å². The molecule has 92 valence electrons. The Kier molecular flexibility index (Phi) is 3.91. The minimum Gasteiger partial charge on any atom is -0.404 e.